The first-order valence-electron chi connectivity index (χ1n) is 7.72. The molecule has 1 unspecified atom stereocenters. The van der Waals surface area contributed by atoms with Crippen LogP contribution in [0.4, 0.5) is 4.79 Å². The molecule has 0 aromatic heterocycles. The number of aliphatic hydroxyl groups is 1. The van der Waals surface area contributed by atoms with Crippen molar-refractivity contribution < 1.29 is 14.6 Å². The van der Waals surface area contributed by atoms with Gasteiger partial charge in [-0.25, -0.2) is 4.79 Å². The molecule has 1 aliphatic heterocycles. The lowest BCUT2D eigenvalue weighted by Gasteiger charge is -2.44. The zero-order chi connectivity index (χ0) is 15.2. The number of nitrogens with zero attached hydrogens (tertiary/aromatic N) is 1. The molecule has 0 radical (unpaired) electrons. The van der Waals surface area contributed by atoms with Gasteiger partial charge >= 0.3 is 6.09 Å². The van der Waals surface area contributed by atoms with Gasteiger partial charge in [-0.15, -0.1) is 0 Å². The quantitative estimate of drug-likeness (QED) is 0.845. The van der Waals surface area contributed by atoms with E-state index in [0.29, 0.717) is 13.0 Å². The second kappa shape index (κ2) is 4.90. The van der Waals surface area contributed by atoms with Crippen molar-refractivity contribution in [2.24, 2.45) is 5.41 Å². The fourth-order valence-electron chi connectivity index (χ4n) is 2.92. The third-order valence-corrected chi connectivity index (χ3v) is 4.26. The predicted octanol–water partition coefficient (Wildman–Crippen LogP) is 3.33. The molecule has 1 saturated carbocycles. The SMILES string of the molecule is CC1(C)CCC(CC2(O)CC2)N(C(=O)OC(C)(C)C)C1. The zero-order valence-corrected chi connectivity index (χ0v) is 13.5. The molecule has 0 aromatic rings. The molecule has 116 valence electrons. The highest BCUT2D eigenvalue weighted by molar-refractivity contribution is 5.68. The standard InChI is InChI=1S/C16H29NO3/c1-14(2,3)20-13(18)17-11-15(4,5)7-6-12(17)10-16(19)8-9-16/h12,19H,6-11H2,1-5H3. The maximum absolute atomic E-state index is 12.4. The van der Waals surface area contributed by atoms with E-state index in [0.717, 1.165) is 25.7 Å². The van der Waals surface area contributed by atoms with Crippen molar-refractivity contribution >= 4 is 6.09 Å². The summed E-state index contributed by atoms with van der Waals surface area (Å²) in [6.45, 7) is 10.8. The molecule has 0 spiro atoms. The van der Waals surface area contributed by atoms with Gasteiger partial charge < -0.3 is 14.7 Å². The number of ether oxygens (including phenoxy) is 1. The molecule has 1 amide bonds. The molecule has 1 heterocycles. The van der Waals surface area contributed by atoms with Crippen LogP contribution in [-0.4, -0.2) is 39.9 Å². The van der Waals surface area contributed by atoms with Crippen LogP contribution in [0.1, 0.15) is 66.7 Å². The van der Waals surface area contributed by atoms with Crippen molar-refractivity contribution in [2.75, 3.05) is 6.54 Å². The molecule has 2 rings (SSSR count). The summed E-state index contributed by atoms with van der Waals surface area (Å²) in [6, 6.07) is 0.116. The molecular formula is C16H29NO3. The Kier molecular flexibility index (Phi) is 3.83. The molecule has 1 atom stereocenters. The number of hydrogen-bond donors (Lipinski definition) is 1. The van der Waals surface area contributed by atoms with E-state index in [1.807, 2.05) is 25.7 Å². The fraction of sp³-hybridized carbons (Fsp3) is 0.938. The summed E-state index contributed by atoms with van der Waals surface area (Å²) in [6.07, 6.45) is 4.24. The van der Waals surface area contributed by atoms with E-state index in [9.17, 15) is 9.90 Å². The summed E-state index contributed by atoms with van der Waals surface area (Å²) in [4.78, 5) is 14.3. The highest BCUT2D eigenvalue weighted by Crippen LogP contribution is 2.43. The number of carbonyl (C=O) groups is 1. The highest BCUT2D eigenvalue weighted by atomic mass is 16.6. The summed E-state index contributed by atoms with van der Waals surface area (Å²) in [5.74, 6) is 0. The van der Waals surface area contributed by atoms with E-state index in [-0.39, 0.29) is 17.6 Å². The van der Waals surface area contributed by atoms with Crippen LogP contribution in [0.3, 0.4) is 0 Å². The van der Waals surface area contributed by atoms with E-state index >= 15 is 0 Å². The van der Waals surface area contributed by atoms with Crippen LogP contribution in [0, 0.1) is 5.41 Å². The Balaban J connectivity index is 2.07. The van der Waals surface area contributed by atoms with Crippen molar-refractivity contribution in [3.05, 3.63) is 0 Å². The maximum Gasteiger partial charge on any atom is 0.410 e. The fourth-order valence-corrected chi connectivity index (χ4v) is 2.92. The Hall–Kier alpha value is -0.770. The molecule has 2 fully saturated rings. The molecule has 4 nitrogen and oxygen atoms in total. The summed E-state index contributed by atoms with van der Waals surface area (Å²) < 4.78 is 5.54. The van der Waals surface area contributed by atoms with Crippen LogP contribution in [0.25, 0.3) is 0 Å². The minimum Gasteiger partial charge on any atom is -0.444 e. The van der Waals surface area contributed by atoms with Gasteiger partial charge in [-0.2, -0.15) is 0 Å². The Morgan fingerprint density at radius 2 is 1.90 bits per heavy atom. The van der Waals surface area contributed by atoms with Gasteiger partial charge in [0.25, 0.3) is 0 Å². The monoisotopic (exact) mass is 283 g/mol. The maximum atomic E-state index is 12.4. The molecule has 1 aliphatic carbocycles. The van der Waals surface area contributed by atoms with E-state index in [4.69, 9.17) is 4.74 Å². The van der Waals surface area contributed by atoms with Crippen LogP contribution < -0.4 is 0 Å². The second-order valence-corrected chi connectivity index (χ2v) is 8.39. The average molecular weight is 283 g/mol. The highest BCUT2D eigenvalue weighted by Gasteiger charge is 2.46. The Bertz CT molecular complexity index is 380. The van der Waals surface area contributed by atoms with Crippen LogP contribution in [-0.2, 0) is 4.74 Å². The predicted molar refractivity (Wildman–Crippen MR) is 78.5 cm³/mol. The molecule has 2 aliphatic rings. The second-order valence-electron chi connectivity index (χ2n) is 8.39. The number of hydrogen-bond acceptors (Lipinski definition) is 3. The molecule has 0 bridgehead atoms. The van der Waals surface area contributed by atoms with Crippen LogP contribution in [0.15, 0.2) is 0 Å². The first-order chi connectivity index (χ1) is 9.00. The van der Waals surface area contributed by atoms with E-state index in [1.165, 1.54) is 0 Å². The summed E-state index contributed by atoms with van der Waals surface area (Å²) in [7, 11) is 0. The van der Waals surface area contributed by atoms with Gasteiger partial charge in [0.15, 0.2) is 0 Å². The van der Waals surface area contributed by atoms with Crippen LogP contribution in [0.5, 0.6) is 0 Å². The molecule has 4 heteroatoms. The molecule has 20 heavy (non-hydrogen) atoms. The van der Waals surface area contributed by atoms with Gasteiger partial charge in [0, 0.05) is 12.6 Å². The Morgan fingerprint density at radius 3 is 2.40 bits per heavy atom. The number of rotatable bonds is 2. The number of likely N-dealkylation sites (tertiary alicyclic amines) is 1. The summed E-state index contributed by atoms with van der Waals surface area (Å²) >= 11 is 0. The molecule has 0 aromatic carbocycles. The van der Waals surface area contributed by atoms with Gasteiger partial charge in [0.1, 0.15) is 5.60 Å². The minimum atomic E-state index is -0.521. The Morgan fingerprint density at radius 1 is 1.30 bits per heavy atom. The van der Waals surface area contributed by atoms with Gasteiger partial charge in [0.05, 0.1) is 5.60 Å². The lowest BCUT2D eigenvalue weighted by molar-refractivity contribution is -0.0185. The summed E-state index contributed by atoms with van der Waals surface area (Å²) in [5.41, 5.74) is -0.869. The summed E-state index contributed by atoms with van der Waals surface area (Å²) in [5, 5.41) is 10.2. The smallest absolute Gasteiger partial charge is 0.410 e. The number of carbonyl (C=O) groups excluding carboxylic acids is 1. The minimum absolute atomic E-state index is 0.116. The molecule has 1 saturated heterocycles. The first-order valence-corrected chi connectivity index (χ1v) is 7.72. The van der Waals surface area contributed by atoms with Gasteiger partial charge in [-0.1, -0.05) is 13.8 Å². The van der Waals surface area contributed by atoms with E-state index in [1.54, 1.807) is 0 Å². The van der Waals surface area contributed by atoms with Crippen LogP contribution >= 0.6 is 0 Å². The zero-order valence-electron chi connectivity index (χ0n) is 13.5. The molecule has 1 N–H and O–H groups in total. The number of amides is 1. The topological polar surface area (TPSA) is 49.8 Å². The van der Waals surface area contributed by atoms with Gasteiger partial charge in [-0.05, 0) is 58.3 Å². The van der Waals surface area contributed by atoms with E-state index in [2.05, 4.69) is 13.8 Å². The lowest BCUT2D eigenvalue weighted by atomic mass is 9.80. The number of piperidine rings is 1. The molecular weight excluding hydrogens is 254 g/mol. The van der Waals surface area contributed by atoms with E-state index < -0.39 is 11.2 Å². The van der Waals surface area contributed by atoms with Crippen molar-refractivity contribution in [3.63, 3.8) is 0 Å². The first kappa shape index (κ1) is 15.6. The third-order valence-electron chi connectivity index (χ3n) is 4.26. The largest absolute Gasteiger partial charge is 0.444 e. The van der Waals surface area contributed by atoms with Crippen LogP contribution in [0.2, 0.25) is 0 Å². The van der Waals surface area contributed by atoms with Gasteiger partial charge in [-0.3, -0.25) is 0 Å². The lowest BCUT2D eigenvalue weighted by Crippen LogP contribution is -2.52. The average Bonchev–Trinajstić information content (AvgIpc) is 2.96. The third kappa shape index (κ3) is 4.11. The Labute approximate surface area is 122 Å². The normalized spacial score (nSPS) is 28.1. The van der Waals surface area contributed by atoms with Crippen molar-refractivity contribution in [1.29, 1.82) is 0 Å². The van der Waals surface area contributed by atoms with Crippen molar-refractivity contribution in [1.82, 2.24) is 4.90 Å². The van der Waals surface area contributed by atoms with Crippen molar-refractivity contribution in [3.8, 4) is 0 Å². The van der Waals surface area contributed by atoms with Crippen molar-refractivity contribution in [2.45, 2.75) is 84.0 Å². The van der Waals surface area contributed by atoms with Gasteiger partial charge in [0.2, 0.25) is 0 Å².